The highest BCUT2D eigenvalue weighted by atomic mass is 79.9. The van der Waals surface area contributed by atoms with Crippen LogP contribution < -0.4 is 14.8 Å². The van der Waals surface area contributed by atoms with Crippen LogP contribution in [0.5, 0.6) is 11.5 Å². The molecular formula is C18H27BrN2O3. The van der Waals surface area contributed by atoms with Crippen LogP contribution in [0.25, 0.3) is 0 Å². The number of likely N-dealkylation sites (tertiary alicyclic amines) is 1. The molecule has 0 atom stereocenters. The van der Waals surface area contributed by atoms with Gasteiger partial charge in [-0.2, -0.15) is 0 Å². The van der Waals surface area contributed by atoms with Crippen LogP contribution in [0.2, 0.25) is 0 Å². The van der Waals surface area contributed by atoms with E-state index in [-0.39, 0.29) is 11.4 Å². The first-order valence-corrected chi connectivity index (χ1v) is 9.13. The van der Waals surface area contributed by atoms with Gasteiger partial charge in [-0.05, 0) is 67.8 Å². The number of carbonyl (C=O) groups is 1. The largest absolute Gasteiger partial charge is 0.495 e. The van der Waals surface area contributed by atoms with Crippen molar-refractivity contribution in [2.75, 3.05) is 33.9 Å². The third-order valence-corrected chi connectivity index (χ3v) is 5.38. The van der Waals surface area contributed by atoms with Gasteiger partial charge in [0, 0.05) is 17.6 Å². The summed E-state index contributed by atoms with van der Waals surface area (Å²) in [4.78, 5) is 15.0. The van der Waals surface area contributed by atoms with Crippen molar-refractivity contribution in [3.8, 4) is 11.5 Å². The van der Waals surface area contributed by atoms with Gasteiger partial charge >= 0.3 is 0 Å². The third-order valence-electron chi connectivity index (χ3n) is 4.60. The van der Waals surface area contributed by atoms with Crippen molar-refractivity contribution in [3.05, 3.63) is 22.2 Å². The van der Waals surface area contributed by atoms with Gasteiger partial charge < -0.3 is 14.8 Å². The molecule has 1 fully saturated rings. The van der Waals surface area contributed by atoms with E-state index < -0.39 is 0 Å². The number of hydrogen-bond donors (Lipinski definition) is 1. The molecule has 0 saturated carbocycles. The van der Waals surface area contributed by atoms with E-state index in [4.69, 9.17) is 9.47 Å². The van der Waals surface area contributed by atoms with E-state index in [1.807, 2.05) is 0 Å². The average Bonchev–Trinajstić information content (AvgIpc) is 2.60. The fourth-order valence-electron chi connectivity index (χ4n) is 3.01. The normalized spacial score (nSPS) is 15.9. The molecule has 134 valence electrons. The second kappa shape index (κ2) is 8.21. The smallest absolute Gasteiger partial charge is 0.251 e. The van der Waals surface area contributed by atoms with Crippen molar-refractivity contribution in [1.29, 1.82) is 0 Å². The molecule has 1 N–H and O–H groups in total. The first-order chi connectivity index (χ1) is 11.4. The second-order valence-corrected chi connectivity index (χ2v) is 7.53. The van der Waals surface area contributed by atoms with Crippen molar-refractivity contribution < 1.29 is 14.3 Å². The van der Waals surface area contributed by atoms with Crippen LogP contribution in [0.3, 0.4) is 0 Å². The quantitative estimate of drug-likeness (QED) is 0.796. The van der Waals surface area contributed by atoms with Crippen LogP contribution in [0, 0.1) is 0 Å². The number of benzene rings is 1. The zero-order valence-electron chi connectivity index (χ0n) is 14.9. The molecule has 0 aromatic heterocycles. The van der Waals surface area contributed by atoms with E-state index in [1.54, 1.807) is 26.4 Å². The van der Waals surface area contributed by atoms with Gasteiger partial charge in [0.15, 0.2) is 0 Å². The van der Waals surface area contributed by atoms with Crippen molar-refractivity contribution in [2.24, 2.45) is 0 Å². The van der Waals surface area contributed by atoms with E-state index in [1.165, 1.54) is 19.3 Å². The Labute approximate surface area is 152 Å². The molecule has 1 saturated heterocycles. The van der Waals surface area contributed by atoms with E-state index in [2.05, 4.69) is 40.0 Å². The topological polar surface area (TPSA) is 50.8 Å². The van der Waals surface area contributed by atoms with E-state index in [0.29, 0.717) is 28.1 Å². The summed E-state index contributed by atoms with van der Waals surface area (Å²) in [7, 11) is 3.14. The third kappa shape index (κ3) is 4.42. The number of ether oxygens (including phenoxy) is 2. The highest BCUT2D eigenvalue weighted by Gasteiger charge is 2.28. The zero-order chi connectivity index (χ0) is 17.7. The molecule has 24 heavy (non-hydrogen) atoms. The van der Waals surface area contributed by atoms with Crippen LogP contribution in [0.1, 0.15) is 43.5 Å². The minimum atomic E-state index is -0.121. The first-order valence-electron chi connectivity index (χ1n) is 8.34. The molecule has 1 heterocycles. The Hall–Kier alpha value is -1.27. The number of nitrogens with zero attached hydrogens (tertiary/aromatic N) is 1. The maximum Gasteiger partial charge on any atom is 0.251 e. The van der Waals surface area contributed by atoms with Gasteiger partial charge in [0.2, 0.25) is 0 Å². The lowest BCUT2D eigenvalue weighted by molar-refractivity contribution is 0.0797. The Bertz CT molecular complexity index is 559. The molecular weight excluding hydrogens is 372 g/mol. The van der Waals surface area contributed by atoms with Crippen molar-refractivity contribution in [3.63, 3.8) is 0 Å². The number of carbonyl (C=O) groups excluding carboxylic acids is 1. The zero-order valence-corrected chi connectivity index (χ0v) is 16.5. The fourth-order valence-corrected chi connectivity index (χ4v) is 3.56. The molecule has 0 unspecified atom stereocenters. The standard InChI is InChI=1S/C18H27BrN2O3/c1-18(2,21-8-6-5-7-9-21)12-20-17(22)13-10-14(23-3)16(19)15(11-13)24-4/h10-11H,5-9,12H2,1-4H3,(H,20,22). The SMILES string of the molecule is COc1cc(C(=O)NCC(C)(C)N2CCCCC2)cc(OC)c1Br. The van der Waals surface area contributed by atoms with Gasteiger partial charge in [0.25, 0.3) is 5.91 Å². The number of methoxy groups -OCH3 is 2. The minimum Gasteiger partial charge on any atom is -0.495 e. The minimum absolute atomic E-state index is 0.0559. The molecule has 1 amide bonds. The summed E-state index contributed by atoms with van der Waals surface area (Å²) in [6, 6.07) is 3.44. The van der Waals surface area contributed by atoms with Gasteiger partial charge in [-0.15, -0.1) is 0 Å². The van der Waals surface area contributed by atoms with Crippen molar-refractivity contribution in [1.82, 2.24) is 10.2 Å². The number of halogens is 1. The summed E-state index contributed by atoms with van der Waals surface area (Å²) in [5.41, 5.74) is 0.473. The van der Waals surface area contributed by atoms with Crippen LogP contribution >= 0.6 is 15.9 Å². The molecule has 0 aliphatic carbocycles. The molecule has 1 aliphatic heterocycles. The van der Waals surface area contributed by atoms with Crippen LogP contribution in [-0.2, 0) is 0 Å². The monoisotopic (exact) mass is 398 g/mol. The highest BCUT2D eigenvalue weighted by Crippen LogP contribution is 2.35. The first kappa shape index (κ1) is 19.1. The summed E-state index contributed by atoms with van der Waals surface area (Å²) in [5.74, 6) is 1.04. The lowest BCUT2D eigenvalue weighted by atomic mass is 9.98. The molecule has 6 heteroatoms. The Kier molecular flexibility index (Phi) is 6.52. The Morgan fingerprint density at radius 3 is 2.21 bits per heavy atom. The van der Waals surface area contributed by atoms with E-state index in [0.717, 1.165) is 13.1 Å². The number of rotatable bonds is 6. The van der Waals surface area contributed by atoms with Gasteiger partial charge in [0.1, 0.15) is 16.0 Å². The van der Waals surface area contributed by atoms with Crippen molar-refractivity contribution >= 4 is 21.8 Å². The van der Waals surface area contributed by atoms with Gasteiger partial charge in [-0.25, -0.2) is 0 Å². The summed E-state index contributed by atoms with van der Waals surface area (Å²) in [6.45, 7) is 7.17. The molecule has 0 radical (unpaired) electrons. The Morgan fingerprint density at radius 2 is 1.71 bits per heavy atom. The average molecular weight is 399 g/mol. The molecule has 1 aliphatic rings. The maximum atomic E-state index is 12.6. The summed E-state index contributed by atoms with van der Waals surface area (Å²) in [5, 5.41) is 3.05. The number of amides is 1. The highest BCUT2D eigenvalue weighted by molar-refractivity contribution is 9.10. The van der Waals surface area contributed by atoms with Gasteiger partial charge in [0.05, 0.1) is 14.2 Å². The van der Waals surface area contributed by atoms with E-state index in [9.17, 15) is 4.79 Å². The molecule has 1 aromatic rings. The Balaban J connectivity index is 2.06. The van der Waals surface area contributed by atoms with E-state index >= 15 is 0 Å². The summed E-state index contributed by atoms with van der Waals surface area (Å²) in [6.07, 6.45) is 3.77. The number of nitrogens with one attached hydrogen (secondary N) is 1. The lowest BCUT2D eigenvalue weighted by Gasteiger charge is -2.41. The molecule has 2 rings (SSSR count). The van der Waals surface area contributed by atoms with Crippen molar-refractivity contribution in [2.45, 2.75) is 38.6 Å². The van der Waals surface area contributed by atoms with Gasteiger partial charge in [-0.1, -0.05) is 6.42 Å². The lowest BCUT2D eigenvalue weighted by Crippen LogP contribution is -2.53. The predicted molar refractivity (Wildman–Crippen MR) is 99.1 cm³/mol. The molecule has 0 spiro atoms. The second-order valence-electron chi connectivity index (χ2n) is 6.74. The van der Waals surface area contributed by atoms with Crippen LogP contribution in [0.15, 0.2) is 16.6 Å². The molecule has 5 nitrogen and oxygen atoms in total. The summed E-state index contributed by atoms with van der Waals surface area (Å²) >= 11 is 3.42. The van der Waals surface area contributed by atoms with Crippen LogP contribution in [0.4, 0.5) is 0 Å². The number of piperidine rings is 1. The number of hydrogen-bond acceptors (Lipinski definition) is 4. The summed E-state index contributed by atoms with van der Waals surface area (Å²) < 4.78 is 11.3. The Morgan fingerprint density at radius 1 is 1.17 bits per heavy atom. The van der Waals surface area contributed by atoms with Gasteiger partial charge in [-0.3, -0.25) is 9.69 Å². The molecule has 0 bridgehead atoms. The predicted octanol–water partition coefficient (Wildman–Crippen LogP) is 3.46. The van der Waals surface area contributed by atoms with Crippen LogP contribution in [-0.4, -0.2) is 50.2 Å². The fraction of sp³-hybridized carbons (Fsp3) is 0.611. The molecule has 1 aromatic carbocycles. The maximum absolute atomic E-state index is 12.6.